The first-order chi connectivity index (χ1) is 10.3. The molecule has 1 aromatic heterocycles. The highest BCUT2D eigenvalue weighted by Crippen LogP contribution is 2.14. The van der Waals surface area contributed by atoms with E-state index in [1.165, 1.54) is 0 Å². The lowest BCUT2D eigenvalue weighted by molar-refractivity contribution is 0.262. The van der Waals surface area contributed by atoms with Crippen molar-refractivity contribution >= 4 is 17.4 Å². The molecule has 0 aliphatic heterocycles. The van der Waals surface area contributed by atoms with Crippen molar-refractivity contribution in [3.63, 3.8) is 0 Å². The molecule has 3 rings (SSSR count). The van der Waals surface area contributed by atoms with Crippen molar-refractivity contribution in [3.8, 4) is 5.69 Å². The summed E-state index contributed by atoms with van der Waals surface area (Å²) in [4.78, 5) is 11.9. The molecule has 0 unspecified atom stereocenters. The van der Waals surface area contributed by atoms with Crippen LogP contribution >= 0.6 is 0 Å². The highest BCUT2D eigenvalue weighted by atomic mass is 16.2. The number of benzene rings is 2. The molecule has 0 saturated heterocycles. The van der Waals surface area contributed by atoms with Gasteiger partial charge in [0.15, 0.2) is 0 Å². The molecule has 2 N–H and O–H groups in total. The Kier molecular flexibility index (Phi) is 3.69. The first-order valence-electron chi connectivity index (χ1n) is 6.68. The van der Waals surface area contributed by atoms with Crippen LogP contribution in [0.2, 0.25) is 0 Å². The molecule has 3 aromatic rings. The Hall–Kier alpha value is -3.01. The molecule has 1 heterocycles. The molecule has 0 bridgehead atoms. The number of nitrogens with zero attached hydrogens (tertiary/aromatic N) is 1. The Morgan fingerprint density at radius 2 is 1.29 bits per heavy atom. The van der Waals surface area contributed by atoms with Crippen LogP contribution in [0.4, 0.5) is 16.2 Å². The van der Waals surface area contributed by atoms with Gasteiger partial charge in [-0.05, 0) is 48.5 Å². The summed E-state index contributed by atoms with van der Waals surface area (Å²) in [6, 6.07) is 20.7. The van der Waals surface area contributed by atoms with Gasteiger partial charge in [0.1, 0.15) is 0 Å². The number of para-hydroxylation sites is 1. The van der Waals surface area contributed by atoms with Gasteiger partial charge in [0, 0.05) is 29.5 Å². The maximum Gasteiger partial charge on any atom is 0.323 e. The zero-order valence-corrected chi connectivity index (χ0v) is 11.4. The minimum Gasteiger partial charge on any atom is -0.324 e. The second-order valence-electron chi connectivity index (χ2n) is 4.58. The summed E-state index contributed by atoms with van der Waals surface area (Å²) in [5, 5.41) is 5.58. The van der Waals surface area contributed by atoms with Gasteiger partial charge in [-0.15, -0.1) is 0 Å². The lowest BCUT2D eigenvalue weighted by atomic mass is 10.3. The normalized spacial score (nSPS) is 10.1. The van der Waals surface area contributed by atoms with Crippen LogP contribution in [0.15, 0.2) is 79.1 Å². The van der Waals surface area contributed by atoms with Crippen LogP contribution in [0.1, 0.15) is 0 Å². The Morgan fingerprint density at radius 3 is 1.90 bits per heavy atom. The molecular formula is C17H15N3O. The molecule has 4 nitrogen and oxygen atoms in total. The number of carbonyl (C=O) groups excluding carboxylic acids is 1. The third-order valence-electron chi connectivity index (χ3n) is 3.06. The van der Waals surface area contributed by atoms with Crippen LogP contribution in [0.3, 0.4) is 0 Å². The van der Waals surface area contributed by atoms with E-state index < -0.39 is 0 Å². The van der Waals surface area contributed by atoms with Crippen LogP contribution in [0.25, 0.3) is 5.69 Å². The summed E-state index contributed by atoms with van der Waals surface area (Å²) in [5.74, 6) is 0. The first-order valence-corrected chi connectivity index (χ1v) is 6.68. The van der Waals surface area contributed by atoms with Gasteiger partial charge in [-0.2, -0.15) is 0 Å². The van der Waals surface area contributed by atoms with Crippen LogP contribution < -0.4 is 10.6 Å². The molecule has 4 heteroatoms. The maximum absolute atomic E-state index is 11.9. The largest absolute Gasteiger partial charge is 0.324 e. The van der Waals surface area contributed by atoms with Gasteiger partial charge in [-0.1, -0.05) is 18.2 Å². The van der Waals surface area contributed by atoms with E-state index in [1.807, 2.05) is 83.7 Å². The van der Waals surface area contributed by atoms with Crippen molar-refractivity contribution in [1.82, 2.24) is 4.57 Å². The summed E-state index contributed by atoms with van der Waals surface area (Å²) in [5.41, 5.74) is 2.56. The molecule has 0 saturated carbocycles. The van der Waals surface area contributed by atoms with E-state index in [0.29, 0.717) is 0 Å². The van der Waals surface area contributed by atoms with Gasteiger partial charge in [0.05, 0.1) is 0 Å². The minimum atomic E-state index is -0.255. The number of rotatable bonds is 3. The van der Waals surface area contributed by atoms with Crippen molar-refractivity contribution in [1.29, 1.82) is 0 Å². The molecule has 0 aliphatic rings. The molecule has 104 valence electrons. The second kappa shape index (κ2) is 5.96. The van der Waals surface area contributed by atoms with Crippen LogP contribution in [0, 0.1) is 0 Å². The SMILES string of the molecule is O=C(Nc1ccccc1)Nc1ccc(-n2cccc2)cc1. The number of hydrogen-bond acceptors (Lipinski definition) is 1. The third kappa shape index (κ3) is 3.30. The molecule has 2 amide bonds. The minimum absolute atomic E-state index is 0.255. The third-order valence-corrected chi connectivity index (χ3v) is 3.06. The number of urea groups is 1. The van der Waals surface area contributed by atoms with Gasteiger partial charge < -0.3 is 15.2 Å². The van der Waals surface area contributed by atoms with E-state index in [0.717, 1.165) is 17.1 Å². The van der Waals surface area contributed by atoms with E-state index >= 15 is 0 Å². The number of aromatic nitrogens is 1. The molecular weight excluding hydrogens is 262 g/mol. The van der Waals surface area contributed by atoms with Gasteiger partial charge in [-0.25, -0.2) is 4.79 Å². The fourth-order valence-electron chi connectivity index (χ4n) is 2.04. The Morgan fingerprint density at radius 1 is 0.714 bits per heavy atom. The number of amides is 2. The van der Waals surface area contributed by atoms with Crippen molar-refractivity contribution in [2.24, 2.45) is 0 Å². The molecule has 21 heavy (non-hydrogen) atoms. The molecule has 0 radical (unpaired) electrons. The van der Waals surface area contributed by atoms with E-state index in [2.05, 4.69) is 10.6 Å². The molecule has 0 aliphatic carbocycles. The summed E-state index contributed by atoms with van der Waals surface area (Å²) in [6.07, 6.45) is 3.95. The number of anilines is 2. The number of hydrogen-bond donors (Lipinski definition) is 2. The van der Waals surface area contributed by atoms with Crippen LogP contribution in [-0.2, 0) is 0 Å². The maximum atomic E-state index is 11.9. The van der Waals surface area contributed by atoms with E-state index in [4.69, 9.17) is 0 Å². The summed E-state index contributed by atoms with van der Waals surface area (Å²) in [7, 11) is 0. The summed E-state index contributed by atoms with van der Waals surface area (Å²) in [6.45, 7) is 0. The van der Waals surface area contributed by atoms with E-state index in [9.17, 15) is 4.79 Å². The average Bonchev–Trinajstić information content (AvgIpc) is 3.03. The number of nitrogens with one attached hydrogen (secondary N) is 2. The zero-order chi connectivity index (χ0) is 14.5. The highest BCUT2D eigenvalue weighted by Gasteiger charge is 2.02. The van der Waals surface area contributed by atoms with E-state index in [-0.39, 0.29) is 6.03 Å². The molecule has 2 aromatic carbocycles. The van der Waals surface area contributed by atoms with Crippen LogP contribution in [0.5, 0.6) is 0 Å². The van der Waals surface area contributed by atoms with E-state index in [1.54, 1.807) is 0 Å². The topological polar surface area (TPSA) is 46.1 Å². The first kappa shape index (κ1) is 13.0. The summed E-state index contributed by atoms with van der Waals surface area (Å²) >= 11 is 0. The van der Waals surface area contributed by atoms with Crippen molar-refractivity contribution < 1.29 is 4.79 Å². The predicted octanol–water partition coefficient (Wildman–Crippen LogP) is 4.12. The fraction of sp³-hybridized carbons (Fsp3) is 0. The van der Waals surface area contributed by atoms with Crippen molar-refractivity contribution in [2.75, 3.05) is 10.6 Å². The van der Waals surface area contributed by atoms with Gasteiger partial charge in [-0.3, -0.25) is 0 Å². The Bertz CT molecular complexity index is 704. The average molecular weight is 277 g/mol. The Balaban J connectivity index is 1.64. The quantitative estimate of drug-likeness (QED) is 0.743. The number of carbonyl (C=O) groups is 1. The smallest absolute Gasteiger partial charge is 0.323 e. The van der Waals surface area contributed by atoms with Crippen molar-refractivity contribution in [3.05, 3.63) is 79.1 Å². The second-order valence-corrected chi connectivity index (χ2v) is 4.58. The Labute approximate surface area is 123 Å². The molecule has 0 fully saturated rings. The summed E-state index contributed by atoms with van der Waals surface area (Å²) < 4.78 is 2.01. The lowest BCUT2D eigenvalue weighted by Gasteiger charge is -2.08. The van der Waals surface area contributed by atoms with Gasteiger partial charge in [0.25, 0.3) is 0 Å². The lowest BCUT2D eigenvalue weighted by Crippen LogP contribution is -2.19. The fourth-order valence-corrected chi connectivity index (χ4v) is 2.04. The monoisotopic (exact) mass is 277 g/mol. The van der Waals surface area contributed by atoms with Crippen LogP contribution in [-0.4, -0.2) is 10.6 Å². The standard InChI is InChI=1S/C17H15N3O/c21-17(18-14-6-2-1-3-7-14)19-15-8-10-16(11-9-15)20-12-4-5-13-20/h1-13H,(H2,18,19,21). The zero-order valence-electron chi connectivity index (χ0n) is 11.4. The molecule has 0 atom stereocenters. The van der Waals surface area contributed by atoms with Crippen molar-refractivity contribution in [2.45, 2.75) is 0 Å². The van der Waals surface area contributed by atoms with Gasteiger partial charge in [0.2, 0.25) is 0 Å². The van der Waals surface area contributed by atoms with Gasteiger partial charge >= 0.3 is 6.03 Å². The molecule has 0 spiro atoms. The highest BCUT2D eigenvalue weighted by molar-refractivity contribution is 5.99. The predicted molar refractivity (Wildman–Crippen MR) is 84.9 cm³/mol.